The number of sulfone groups is 1. The first-order valence-corrected chi connectivity index (χ1v) is 11.1. The van der Waals surface area contributed by atoms with Gasteiger partial charge in [-0.15, -0.1) is 0 Å². The van der Waals surface area contributed by atoms with E-state index in [1.54, 1.807) is 0 Å². The SMILES string of the molecule is CCNC(=NCCOCCS(C)(=O)=O)N1CCN(c2ccccc2)CC1. The maximum atomic E-state index is 11.1. The number of guanidine groups is 1. The van der Waals surface area contributed by atoms with Gasteiger partial charge >= 0.3 is 0 Å². The number of aliphatic imine (C=N–C) groups is 1. The summed E-state index contributed by atoms with van der Waals surface area (Å²) >= 11 is 0. The molecular formula is C18H30N4O3S. The molecule has 0 saturated carbocycles. The monoisotopic (exact) mass is 382 g/mol. The van der Waals surface area contributed by atoms with Gasteiger partial charge in [-0.1, -0.05) is 18.2 Å². The Morgan fingerprint density at radius 2 is 1.85 bits per heavy atom. The summed E-state index contributed by atoms with van der Waals surface area (Å²) in [5.41, 5.74) is 1.26. The molecule has 0 radical (unpaired) electrons. The van der Waals surface area contributed by atoms with Crippen LogP contribution in [0.5, 0.6) is 0 Å². The zero-order valence-corrected chi connectivity index (χ0v) is 16.5. The quantitative estimate of drug-likeness (QED) is 0.408. The summed E-state index contributed by atoms with van der Waals surface area (Å²) in [6.45, 7) is 7.77. The van der Waals surface area contributed by atoms with E-state index in [0.29, 0.717) is 13.2 Å². The molecule has 0 atom stereocenters. The molecule has 1 fully saturated rings. The van der Waals surface area contributed by atoms with Gasteiger partial charge in [0.15, 0.2) is 5.96 Å². The van der Waals surface area contributed by atoms with Crippen LogP contribution in [-0.2, 0) is 14.6 Å². The van der Waals surface area contributed by atoms with Gasteiger partial charge in [-0.05, 0) is 19.1 Å². The molecule has 1 aliphatic rings. The lowest BCUT2D eigenvalue weighted by Crippen LogP contribution is -2.52. The van der Waals surface area contributed by atoms with Gasteiger partial charge in [0.1, 0.15) is 9.84 Å². The second-order valence-corrected chi connectivity index (χ2v) is 8.55. The van der Waals surface area contributed by atoms with Crippen molar-refractivity contribution in [2.45, 2.75) is 6.92 Å². The maximum Gasteiger partial charge on any atom is 0.194 e. The molecule has 0 aromatic heterocycles. The van der Waals surface area contributed by atoms with Crippen molar-refractivity contribution in [1.82, 2.24) is 10.2 Å². The minimum atomic E-state index is -2.97. The van der Waals surface area contributed by atoms with Crippen LogP contribution in [0, 0.1) is 0 Å². The van der Waals surface area contributed by atoms with E-state index in [9.17, 15) is 8.42 Å². The molecule has 146 valence electrons. The number of rotatable bonds is 8. The molecule has 0 aliphatic carbocycles. The number of nitrogens with one attached hydrogen (secondary N) is 1. The first-order valence-electron chi connectivity index (χ1n) is 9.08. The van der Waals surface area contributed by atoms with E-state index in [0.717, 1.165) is 38.7 Å². The predicted octanol–water partition coefficient (Wildman–Crippen LogP) is 0.835. The van der Waals surface area contributed by atoms with Gasteiger partial charge in [-0.25, -0.2) is 8.42 Å². The summed E-state index contributed by atoms with van der Waals surface area (Å²) < 4.78 is 27.5. The topological polar surface area (TPSA) is 74.2 Å². The summed E-state index contributed by atoms with van der Waals surface area (Å²) in [6, 6.07) is 10.5. The van der Waals surface area contributed by atoms with Crippen molar-refractivity contribution in [2.24, 2.45) is 4.99 Å². The summed E-state index contributed by atoms with van der Waals surface area (Å²) in [5, 5.41) is 3.33. The molecule has 7 nitrogen and oxygen atoms in total. The van der Waals surface area contributed by atoms with E-state index in [1.165, 1.54) is 11.9 Å². The van der Waals surface area contributed by atoms with E-state index in [-0.39, 0.29) is 12.4 Å². The maximum absolute atomic E-state index is 11.1. The van der Waals surface area contributed by atoms with Crippen molar-refractivity contribution < 1.29 is 13.2 Å². The molecular weight excluding hydrogens is 352 g/mol. The fraction of sp³-hybridized carbons (Fsp3) is 0.611. The van der Waals surface area contributed by atoms with Crippen LogP contribution in [0.2, 0.25) is 0 Å². The molecule has 1 aromatic carbocycles. The van der Waals surface area contributed by atoms with Crippen LogP contribution in [0.1, 0.15) is 6.92 Å². The number of hydrogen-bond donors (Lipinski definition) is 1. The van der Waals surface area contributed by atoms with E-state index in [2.05, 4.69) is 51.3 Å². The molecule has 0 amide bonds. The van der Waals surface area contributed by atoms with Crippen LogP contribution in [0.3, 0.4) is 0 Å². The Bertz CT molecular complexity index is 656. The summed E-state index contributed by atoms with van der Waals surface area (Å²) in [7, 11) is -2.97. The fourth-order valence-corrected chi connectivity index (χ4v) is 3.19. The number of para-hydroxylation sites is 1. The first kappa shape index (κ1) is 20.5. The molecule has 1 N–H and O–H groups in total. The molecule has 1 saturated heterocycles. The summed E-state index contributed by atoms with van der Waals surface area (Å²) in [5.74, 6) is 0.949. The molecule has 0 unspecified atom stereocenters. The number of piperazine rings is 1. The van der Waals surface area contributed by atoms with Crippen LogP contribution in [0.4, 0.5) is 5.69 Å². The van der Waals surface area contributed by atoms with Crippen molar-refractivity contribution in [1.29, 1.82) is 0 Å². The van der Waals surface area contributed by atoms with Gasteiger partial charge in [0, 0.05) is 44.7 Å². The second kappa shape index (κ2) is 10.4. The minimum absolute atomic E-state index is 0.0538. The van der Waals surface area contributed by atoms with Crippen molar-refractivity contribution in [3.8, 4) is 0 Å². The van der Waals surface area contributed by atoms with Crippen molar-refractivity contribution in [2.75, 3.05) is 69.4 Å². The molecule has 2 rings (SSSR count). The molecule has 1 heterocycles. The highest BCUT2D eigenvalue weighted by Gasteiger charge is 2.19. The lowest BCUT2D eigenvalue weighted by atomic mass is 10.2. The average Bonchev–Trinajstić information content (AvgIpc) is 2.64. The number of hydrogen-bond acceptors (Lipinski definition) is 5. The molecule has 1 aromatic rings. The molecule has 8 heteroatoms. The fourth-order valence-electron chi connectivity index (χ4n) is 2.77. The third-order valence-corrected chi connectivity index (χ3v) is 5.04. The van der Waals surface area contributed by atoms with E-state index >= 15 is 0 Å². The minimum Gasteiger partial charge on any atom is -0.378 e. The second-order valence-electron chi connectivity index (χ2n) is 6.29. The van der Waals surface area contributed by atoms with Gasteiger partial charge in [-0.3, -0.25) is 4.99 Å². The van der Waals surface area contributed by atoms with Gasteiger partial charge in [-0.2, -0.15) is 0 Å². The third kappa shape index (κ3) is 7.21. The smallest absolute Gasteiger partial charge is 0.194 e. The number of nitrogens with zero attached hydrogens (tertiary/aromatic N) is 3. The third-order valence-electron chi connectivity index (χ3n) is 4.13. The van der Waals surface area contributed by atoms with Crippen LogP contribution < -0.4 is 10.2 Å². The van der Waals surface area contributed by atoms with Crippen LogP contribution in [-0.4, -0.2) is 83.8 Å². The number of anilines is 1. The van der Waals surface area contributed by atoms with Crippen molar-refractivity contribution in [3.63, 3.8) is 0 Å². The lowest BCUT2D eigenvalue weighted by Gasteiger charge is -2.37. The van der Waals surface area contributed by atoms with Crippen molar-refractivity contribution >= 4 is 21.5 Å². The van der Waals surface area contributed by atoms with E-state index in [1.807, 2.05) is 6.07 Å². The average molecular weight is 383 g/mol. The van der Waals surface area contributed by atoms with E-state index in [4.69, 9.17) is 4.74 Å². The Morgan fingerprint density at radius 3 is 2.46 bits per heavy atom. The first-order chi connectivity index (χ1) is 12.5. The standard InChI is InChI=1S/C18H30N4O3S/c1-3-19-18(20-9-14-25-15-16-26(2,23)24)22-12-10-21(11-13-22)17-7-5-4-6-8-17/h4-8H,3,9-16H2,1-2H3,(H,19,20). The Labute approximate surface area is 157 Å². The largest absolute Gasteiger partial charge is 0.378 e. The summed E-state index contributed by atoms with van der Waals surface area (Å²) in [6.07, 6.45) is 1.22. The molecule has 0 bridgehead atoms. The Morgan fingerprint density at radius 1 is 1.15 bits per heavy atom. The normalized spacial score (nSPS) is 16.0. The van der Waals surface area contributed by atoms with Gasteiger partial charge in [0.25, 0.3) is 0 Å². The van der Waals surface area contributed by atoms with Gasteiger partial charge in [0.05, 0.1) is 25.5 Å². The zero-order chi connectivity index (χ0) is 18.8. The molecule has 1 aliphatic heterocycles. The van der Waals surface area contributed by atoms with Gasteiger partial charge in [0.2, 0.25) is 0 Å². The lowest BCUT2D eigenvalue weighted by molar-refractivity contribution is 0.157. The predicted molar refractivity (Wildman–Crippen MR) is 107 cm³/mol. The Hall–Kier alpha value is -1.80. The zero-order valence-electron chi connectivity index (χ0n) is 15.7. The van der Waals surface area contributed by atoms with Crippen LogP contribution >= 0.6 is 0 Å². The summed E-state index contributed by atoms with van der Waals surface area (Å²) in [4.78, 5) is 9.25. The van der Waals surface area contributed by atoms with E-state index < -0.39 is 9.84 Å². The number of benzene rings is 1. The molecule has 26 heavy (non-hydrogen) atoms. The molecule has 0 spiro atoms. The van der Waals surface area contributed by atoms with Crippen molar-refractivity contribution in [3.05, 3.63) is 30.3 Å². The highest BCUT2D eigenvalue weighted by atomic mass is 32.2. The highest BCUT2D eigenvalue weighted by molar-refractivity contribution is 7.90. The Kier molecular flexibility index (Phi) is 8.18. The number of ether oxygens (including phenoxy) is 1. The highest BCUT2D eigenvalue weighted by Crippen LogP contribution is 2.15. The van der Waals surface area contributed by atoms with Gasteiger partial charge < -0.3 is 19.9 Å². The van der Waals surface area contributed by atoms with Crippen LogP contribution in [0.15, 0.2) is 35.3 Å². The van der Waals surface area contributed by atoms with Crippen LogP contribution in [0.25, 0.3) is 0 Å². The Balaban J connectivity index is 1.78.